The van der Waals surface area contributed by atoms with Crippen molar-refractivity contribution in [1.29, 1.82) is 0 Å². The number of nitrogens with one attached hydrogen (secondary N) is 1. The number of thiazole rings is 1. The molecule has 0 aliphatic rings. The molecule has 1 aromatic rings. The Bertz CT molecular complexity index is 486. The third kappa shape index (κ3) is 4.31. The first-order chi connectivity index (χ1) is 8.52. The minimum atomic E-state index is -1.08. The number of anilines is 1. The number of hydrogen-bond acceptors (Lipinski definition) is 4. The largest absolute Gasteiger partial charge is 0.481 e. The molecular weight excluding hydrogens is 264 g/mol. The van der Waals surface area contributed by atoms with E-state index in [0.717, 1.165) is 5.69 Å². The number of carboxylic acids is 1. The van der Waals surface area contributed by atoms with Gasteiger partial charge in [0.2, 0.25) is 5.91 Å². The highest BCUT2D eigenvalue weighted by Crippen LogP contribution is 2.27. The number of rotatable bonds is 4. The van der Waals surface area contributed by atoms with Crippen molar-refractivity contribution >= 4 is 28.3 Å². The summed E-state index contributed by atoms with van der Waals surface area (Å²) in [5, 5.41) is 14.0. The number of carbonyl (C=O) groups is 2. The summed E-state index contributed by atoms with van der Waals surface area (Å²) >= 11 is 1.35. The highest BCUT2D eigenvalue weighted by molar-refractivity contribution is 7.13. The van der Waals surface area contributed by atoms with Gasteiger partial charge in [0.15, 0.2) is 5.13 Å². The van der Waals surface area contributed by atoms with E-state index in [1.807, 2.05) is 26.2 Å². The van der Waals surface area contributed by atoms with E-state index in [4.69, 9.17) is 5.11 Å². The van der Waals surface area contributed by atoms with Gasteiger partial charge in [-0.05, 0) is 13.8 Å². The molecule has 0 aliphatic heterocycles. The smallest absolute Gasteiger partial charge is 0.309 e. The van der Waals surface area contributed by atoms with Gasteiger partial charge in [0.25, 0.3) is 0 Å². The molecule has 106 valence electrons. The Morgan fingerprint density at radius 3 is 2.32 bits per heavy atom. The predicted octanol–water partition coefficient (Wildman–Crippen LogP) is 2.88. The van der Waals surface area contributed by atoms with Crippen molar-refractivity contribution in [2.45, 2.75) is 46.5 Å². The van der Waals surface area contributed by atoms with Crippen LogP contribution in [0.2, 0.25) is 0 Å². The average Bonchev–Trinajstić information content (AvgIpc) is 2.63. The van der Waals surface area contributed by atoms with Gasteiger partial charge in [0.05, 0.1) is 11.1 Å². The van der Waals surface area contributed by atoms with E-state index >= 15 is 0 Å². The van der Waals surface area contributed by atoms with Gasteiger partial charge in [-0.25, -0.2) is 4.98 Å². The molecular formula is C13H20N2O3S. The summed E-state index contributed by atoms with van der Waals surface area (Å²) in [4.78, 5) is 27.1. The number of amides is 1. The number of aliphatic carboxylic acids is 1. The van der Waals surface area contributed by atoms with E-state index < -0.39 is 11.4 Å². The zero-order chi connectivity index (χ0) is 14.8. The zero-order valence-corrected chi connectivity index (χ0v) is 12.7. The van der Waals surface area contributed by atoms with Gasteiger partial charge in [-0.2, -0.15) is 0 Å². The van der Waals surface area contributed by atoms with Gasteiger partial charge in [0.1, 0.15) is 0 Å². The Balaban J connectivity index is 2.68. The molecule has 1 amide bonds. The molecule has 1 rings (SSSR count). The van der Waals surface area contributed by atoms with E-state index in [0.29, 0.717) is 5.13 Å². The molecule has 0 aliphatic carbocycles. The Hall–Kier alpha value is -1.43. The van der Waals surface area contributed by atoms with Crippen LogP contribution in [0, 0.1) is 5.41 Å². The van der Waals surface area contributed by atoms with E-state index in [1.54, 1.807) is 0 Å². The lowest BCUT2D eigenvalue weighted by Gasteiger charge is -2.17. The molecule has 19 heavy (non-hydrogen) atoms. The first kappa shape index (κ1) is 15.6. The van der Waals surface area contributed by atoms with E-state index in [1.165, 1.54) is 25.2 Å². The molecule has 6 heteroatoms. The lowest BCUT2D eigenvalue weighted by molar-refractivity contribution is -0.148. The van der Waals surface area contributed by atoms with Crippen LogP contribution in [0.25, 0.3) is 0 Å². The summed E-state index contributed by atoms with van der Waals surface area (Å²) in [6.07, 6.45) is -0.0766. The van der Waals surface area contributed by atoms with Crippen LogP contribution >= 0.6 is 11.3 Å². The first-order valence-electron chi connectivity index (χ1n) is 6.01. The standard InChI is InChI=1S/C13H20N2O3S/c1-12(2,3)8-7-19-11(14-8)15-9(16)6-13(4,5)10(17)18/h7H,6H2,1-5H3,(H,17,18)(H,14,15,16). The highest BCUT2D eigenvalue weighted by Gasteiger charge is 2.30. The summed E-state index contributed by atoms with van der Waals surface area (Å²) in [6.45, 7) is 9.18. The third-order valence-electron chi connectivity index (χ3n) is 2.70. The number of carbonyl (C=O) groups excluding carboxylic acids is 1. The Labute approximate surface area is 117 Å². The number of hydrogen-bond donors (Lipinski definition) is 2. The van der Waals surface area contributed by atoms with Crippen molar-refractivity contribution < 1.29 is 14.7 Å². The van der Waals surface area contributed by atoms with Crippen molar-refractivity contribution in [3.05, 3.63) is 11.1 Å². The Morgan fingerprint density at radius 1 is 1.32 bits per heavy atom. The molecule has 1 heterocycles. The average molecular weight is 284 g/mol. The topological polar surface area (TPSA) is 79.3 Å². The lowest BCUT2D eigenvalue weighted by atomic mass is 9.89. The maximum absolute atomic E-state index is 11.8. The summed E-state index contributed by atoms with van der Waals surface area (Å²) in [5.74, 6) is -1.32. The number of nitrogens with zero attached hydrogens (tertiary/aromatic N) is 1. The monoisotopic (exact) mass is 284 g/mol. The molecule has 0 saturated carbocycles. The first-order valence-corrected chi connectivity index (χ1v) is 6.89. The minimum Gasteiger partial charge on any atom is -0.481 e. The molecule has 2 N–H and O–H groups in total. The van der Waals surface area contributed by atoms with E-state index in [2.05, 4.69) is 10.3 Å². The van der Waals surface area contributed by atoms with Crippen molar-refractivity contribution in [3.8, 4) is 0 Å². The van der Waals surface area contributed by atoms with E-state index in [-0.39, 0.29) is 17.7 Å². The number of carboxylic acid groups (broad SMARTS) is 1. The molecule has 0 unspecified atom stereocenters. The summed E-state index contributed by atoms with van der Waals surface area (Å²) in [7, 11) is 0. The molecule has 0 bridgehead atoms. The van der Waals surface area contributed by atoms with Crippen LogP contribution in [0.3, 0.4) is 0 Å². The Morgan fingerprint density at radius 2 is 1.89 bits per heavy atom. The van der Waals surface area contributed by atoms with Crippen molar-refractivity contribution in [1.82, 2.24) is 4.98 Å². The fraction of sp³-hybridized carbons (Fsp3) is 0.615. The van der Waals surface area contributed by atoms with Gasteiger partial charge >= 0.3 is 5.97 Å². The SMILES string of the molecule is CC(C)(CC(=O)Nc1nc(C(C)(C)C)cs1)C(=O)O. The zero-order valence-electron chi connectivity index (χ0n) is 11.9. The van der Waals surface area contributed by atoms with Gasteiger partial charge in [-0.1, -0.05) is 20.8 Å². The van der Waals surface area contributed by atoms with Crippen LogP contribution in [-0.4, -0.2) is 22.0 Å². The van der Waals surface area contributed by atoms with Crippen LogP contribution in [-0.2, 0) is 15.0 Å². The second kappa shape index (κ2) is 5.28. The third-order valence-corrected chi connectivity index (χ3v) is 3.46. The molecule has 0 atom stereocenters. The molecule has 5 nitrogen and oxygen atoms in total. The number of aromatic nitrogens is 1. The Kier molecular flexibility index (Phi) is 4.35. The molecule has 0 radical (unpaired) electrons. The van der Waals surface area contributed by atoms with Crippen LogP contribution in [0.4, 0.5) is 5.13 Å². The molecule has 0 aromatic carbocycles. The maximum atomic E-state index is 11.8. The van der Waals surface area contributed by atoms with Gasteiger partial charge in [-0.15, -0.1) is 11.3 Å². The second-order valence-corrected chi connectivity index (χ2v) is 7.06. The fourth-order valence-electron chi connectivity index (χ4n) is 1.32. The van der Waals surface area contributed by atoms with Gasteiger partial charge in [-0.3, -0.25) is 9.59 Å². The van der Waals surface area contributed by atoms with Crippen molar-refractivity contribution in [2.24, 2.45) is 5.41 Å². The highest BCUT2D eigenvalue weighted by atomic mass is 32.1. The van der Waals surface area contributed by atoms with E-state index in [9.17, 15) is 9.59 Å². The van der Waals surface area contributed by atoms with Crippen LogP contribution in [0.5, 0.6) is 0 Å². The summed E-state index contributed by atoms with van der Waals surface area (Å²) < 4.78 is 0. The minimum absolute atomic E-state index is 0.0696. The quantitative estimate of drug-likeness (QED) is 0.891. The fourth-order valence-corrected chi connectivity index (χ4v) is 2.27. The van der Waals surface area contributed by atoms with Crippen molar-refractivity contribution in [2.75, 3.05) is 5.32 Å². The normalized spacial score (nSPS) is 12.3. The van der Waals surface area contributed by atoms with Crippen LogP contribution in [0.1, 0.15) is 46.7 Å². The maximum Gasteiger partial charge on any atom is 0.309 e. The lowest BCUT2D eigenvalue weighted by Crippen LogP contribution is -2.29. The van der Waals surface area contributed by atoms with Crippen LogP contribution < -0.4 is 5.32 Å². The molecule has 0 spiro atoms. The molecule has 0 saturated heterocycles. The molecule has 0 fully saturated rings. The summed E-state index contributed by atoms with van der Waals surface area (Å²) in [5.41, 5.74) is -0.237. The predicted molar refractivity (Wildman–Crippen MR) is 75.5 cm³/mol. The second-order valence-electron chi connectivity index (χ2n) is 6.20. The molecule has 1 aromatic heterocycles. The van der Waals surface area contributed by atoms with Gasteiger partial charge in [0, 0.05) is 17.2 Å². The van der Waals surface area contributed by atoms with Crippen molar-refractivity contribution in [3.63, 3.8) is 0 Å². The van der Waals surface area contributed by atoms with Gasteiger partial charge < -0.3 is 10.4 Å². The summed E-state index contributed by atoms with van der Waals surface area (Å²) in [6, 6.07) is 0. The van der Waals surface area contributed by atoms with Crippen LogP contribution in [0.15, 0.2) is 5.38 Å².